The Hall–Kier alpha value is -1.15. The number of Topliss-reactive ketones (excluding diaryl/α,β-unsaturated/α-hetero) is 1. The first-order valence-electron chi connectivity index (χ1n) is 5.55. The number of hydrogen-bond donors (Lipinski definition) is 1. The minimum absolute atomic E-state index is 0.0463. The van der Waals surface area contributed by atoms with Crippen LogP contribution >= 0.6 is 0 Å². The monoisotopic (exact) mass is 202 g/mol. The molecule has 78 valence electrons. The molecule has 0 spiro atoms. The van der Waals surface area contributed by atoms with Gasteiger partial charge in [0.15, 0.2) is 11.4 Å². The number of carbonyl (C=O) groups excluding carboxylic acids is 1. The number of fused-ring (bicyclic) bond motifs is 2. The van der Waals surface area contributed by atoms with Crippen molar-refractivity contribution in [3.63, 3.8) is 0 Å². The summed E-state index contributed by atoms with van der Waals surface area (Å²) < 4.78 is 0. The fourth-order valence-corrected chi connectivity index (χ4v) is 3.18. The lowest BCUT2D eigenvalue weighted by Gasteiger charge is -2.31. The van der Waals surface area contributed by atoms with E-state index in [1.54, 1.807) is 0 Å². The van der Waals surface area contributed by atoms with Crippen LogP contribution in [0.2, 0.25) is 0 Å². The van der Waals surface area contributed by atoms with Gasteiger partial charge in [0.2, 0.25) is 0 Å². The summed E-state index contributed by atoms with van der Waals surface area (Å²) in [6.07, 6.45) is 2.84. The lowest BCUT2D eigenvalue weighted by atomic mass is 9.78. The van der Waals surface area contributed by atoms with Crippen LogP contribution in [0.25, 0.3) is 0 Å². The van der Waals surface area contributed by atoms with Crippen molar-refractivity contribution >= 4 is 5.78 Å². The topological polar surface area (TPSA) is 37.3 Å². The van der Waals surface area contributed by atoms with Crippen LogP contribution in [0.15, 0.2) is 30.3 Å². The van der Waals surface area contributed by atoms with Gasteiger partial charge in [-0.1, -0.05) is 30.3 Å². The second-order valence-electron chi connectivity index (χ2n) is 4.70. The zero-order valence-electron chi connectivity index (χ0n) is 8.52. The van der Waals surface area contributed by atoms with E-state index in [0.29, 0.717) is 0 Å². The molecule has 2 aliphatic rings. The van der Waals surface area contributed by atoms with Crippen molar-refractivity contribution in [1.82, 2.24) is 0 Å². The SMILES string of the molecule is O=C1[C@H]2CC[C@H](C2)[C@@]1([16OH])c1ccccc1. The van der Waals surface area contributed by atoms with Gasteiger partial charge in [0.05, 0.1) is 0 Å². The lowest BCUT2D eigenvalue weighted by molar-refractivity contribution is -0.143. The second kappa shape index (κ2) is 2.92. The molecule has 0 aliphatic heterocycles. The molecule has 1 aromatic rings. The van der Waals surface area contributed by atoms with Crippen LogP contribution in [0.4, 0.5) is 0 Å². The highest BCUT2D eigenvalue weighted by atomic mass is 16.3. The number of benzene rings is 1. The Bertz CT molecular complexity index is 398. The maximum Gasteiger partial charge on any atom is 0.172 e. The zero-order valence-corrected chi connectivity index (χ0v) is 8.52. The van der Waals surface area contributed by atoms with Gasteiger partial charge in [0.1, 0.15) is 0 Å². The van der Waals surface area contributed by atoms with E-state index in [-0.39, 0.29) is 17.6 Å². The van der Waals surface area contributed by atoms with E-state index in [0.717, 1.165) is 24.8 Å². The molecule has 0 saturated heterocycles. The Kier molecular flexibility index (Phi) is 1.77. The summed E-state index contributed by atoms with van der Waals surface area (Å²) in [5.74, 6) is 0.308. The van der Waals surface area contributed by atoms with E-state index in [4.69, 9.17) is 0 Å². The molecule has 2 heteroatoms. The quantitative estimate of drug-likeness (QED) is 0.754. The average molecular weight is 202 g/mol. The lowest BCUT2D eigenvalue weighted by Crippen LogP contribution is -2.40. The standard InChI is InChI=1S/C13H14O2/c14-12-9-6-7-11(8-9)13(12,15)10-4-2-1-3-5-10/h1-5,9,11,15H,6-8H2/t9-,11+,13-/m0/s1/i15+0. The molecule has 2 bridgehead atoms. The Morgan fingerprint density at radius 1 is 1.20 bits per heavy atom. The Balaban J connectivity index is 2.08. The van der Waals surface area contributed by atoms with E-state index >= 15 is 0 Å². The normalized spacial score (nSPS) is 38.6. The molecule has 0 amide bonds. The van der Waals surface area contributed by atoms with Crippen LogP contribution in [0.5, 0.6) is 0 Å². The fourth-order valence-electron chi connectivity index (χ4n) is 3.18. The van der Waals surface area contributed by atoms with Crippen molar-refractivity contribution in [2.24, 2.45) is 11.8 Å². The molecule has 15 heavy (non-hydrogen) atoms. The van der Waals surface area contributed by atoms with Crippen LogP contribution < -0.4 is 0 Å². The summed E-state index contributed by atoms with van der Waals surface area (Å²) in [7, 11) is 0. The van der Waals surface area contributed by atoms with Crippen LogP contribution in [-0.4, -0.2) is 10.9 Å². The van der Waals surface area contributed by atoms with Crippen LogP contribution in [0, 0.1) is 11.8 Å². The van der Waals surface area contributed by atoms with Gasteiger partial charge in [0.25, 0.3) is 0 Å². The highest BCUT2D eigenvalue weighted by Crippen LogP contribution is 2.52. The van der Waals surface area contributed by atoms with Crippen LogP contribution in [0.1, 0.15) is 24.8 Å². The predicted molar refractivity (Wildman–Crippen MR) is 56.2 cm³/mol. The van der Waals surface area contributed by atoms with Gasteiger partial charge in [-0.2, -0.15) is 0 Å². The fraction of sp³-hybridized carbons (Fsp3) is 0.462. The molecule has 3 rings (SSSR count). The first kappa shape index (κ1) is 9.10. The Morgan fingerprint density at radius 2 is 1.93 bits per heavy atom. The molecule has 2 aliphatic carbocycles. The van der Waals surface area contributed by atoms with Crippen molar-refractivity contribution in [2.45, 2.75) is 24.9 Å². The van der Waals surface area contributed by atoms with E-state index in [1.807, 2.05) is 30.3 Å². The minimum atomic E-state index is -1.18. The summed E-state index contributed by atoms with van der Waals surface area (Å²) in [5, 5.41) is 10.6. The third-order valence-corrected chi connectivity index (χ3v) is 3.98. The second-order valence-corrected chi connectivity index (χ2v) is 4.70. The largest absolute Gasteiger partial charge is 0.377 e. The van der Waals surface area contributed by atoms with Crippen molar-refractivity contribution in [2.75, 3.05) is 0 Å². The summed E-state index contributed by atoms with van der Waals surface area (Å²) in [5.41, 5.74) is -0.397. The zero-order chi connectivity index (χ0) is 10.5. The Morgan fingerprint density at radius 3 is 2.53 bits per heavy atom. The van der Waals surface area contributed by atoms with Gasteiger partial charge in [-0.15, -0.1) is 0 Å². The molecule has 3 atom stereocenters. The van der Waals surface area contributed by atoms with Crippen molar-refractivity contribution in [3.05, 3.63) is 35.9 Å². The van der Waals surface area contributed by atoms with Gasteiger partial charge < -0.3 is 5.11 Å². The van der Waals surface area contributed by atoms with E-state index in [9.17, 15) is 9.90 Å². The summed E-state index contributed by atoms with van der Waals surface area (Å²) in [4.78, 5) is 12.0. The van der Waals surface area contributed by atoms with Gasteiger partial charge in [0, 0.05) is 5.92 Å². The van der Waals surface area contributed by atoms with Gasteiger partial charge >= 0.3 is 0 Å². The maximum atomic E-state index is 12.0. The molecule has 2 nitrogen and oxygen atoms in total. The molecule has 2 fully saturated rings. The van der Waals surface area contributed by atoms with Gasteiger partial charge in [-0.25, -0.2) is 0 Å². The molecular formula is C13H14O2. The van der Waals surface area contributed by atoms with Crippen molar-refractivity contribution < 1.29 is 9.90 Å². The highest BCUT2D eigenvalue weighted by Gasteiger charge is 2.57. The first-order valence-corrected chi connectivity index (χ1v) is 5.55. The molecule has 1 N–H and O–H groups in total. The van der Waals surface area contributed by atoms with Crippen molar-refractivity contribution in [1.29, 1.82) is 0 Å². The molecule has 0 radical (unpaired) electrons. The molecular weight excluding hydrogens is 188 g/mol. The number of rotatable bonds is 1. The van der Waals surface area contributed by atoms with Gasteiger partial charge in [-0.05, 0) is 30.7 Å². The average Bonchev–Trinajstić information content (AvgIpc) is 2.84. The molecule has 2 saturated carbocycles. The van der Waals surface area contributed by atoms with Crippen molar-refractivity contribution in [3.8, 4) is 0 Å². The van der Waals surface area contributed by atoms with E-state index in [1.165, 1.54) is 0 Å². The number of hydrogen-bond acceptors (Lipinski definition) is 2. The number of ketones is 1. The molecule has 0 heterocycles. The van der Waals surface area contributed by atoms with Crippen LogP contribution in [-0.2, 0) is 10.4 Å². The number of carbonyl (C=O) groups is 1. The van der Waals surface area contributed by atoms with Gasteiger partial charge in [-0.3, -0.25) is 4.79 Å². The molecule has 1 aromatic carbocycles. The highest BCUT2D eigenvalue weighted by molar-refractivity contribution is 5.93. The third-order valence-electron chi connectivity index (χ3n) is 3.98. The van der Waals surface area contributed by atoms with Crippen LogP contribution in [0.3, 0.4) is 0 Å². The molecule has 0 aromatic heterocycles. The minimum Gasteiger partial charge on any atom is -0.377 e. The number of aliphatic hydroxyl groups is 1. The summed E-state index contributed by atoms with van der Waals surface area (Å²) >= 11 is 0. The predicted octanol–water partition coefficient (Wildman–Crippen LogP) is 1.87. The summed E-state index contributed by atoms with van der Waals surface area (Å²) in [6.45, 7) is 0. The van der Waals surface area contributed by atoms with E-state index < -0.39 is 5.60 Å². The molecule has 0 unspecified atom stereocenters. The first-order chi connectivity index (χ1) is 7.23. The van der Waals surface area contributed by atoms with E-state index in [2.05, 4.69) is 0 Å². The Labute approximate surface area is 88.9 Å². The smallest absolute Gasteiger partial charge is 0.172 e. The third kappa shape index (κ3) is 1.06. The summed E-state index contributed by atoms with van der Waals surface area (Å²) in [6, 6.07) is 9.39. The maximum absolute atomic E-state index is 12.0.